The summed E-state index contributed by atoms with van der Waals surface area (Å²) in [7, 11) is 0. The minimum absolute atomic E-state index is 0.136. The van der Waals surface area contributed by atoms with E-state index in [1.807, 2.05) is 30.3 Å². The van der Waals surface area contributed by atoms with Gasteiger partial charge in [-0.05, 0) is 55.5 Å². The summed E-state index contributed by atoms with van der Waals surface area (Å²) in [4.78, 5) is 12.1. The lowest BCUT2D eigenvalue weighted by atomic mass is 10.2. The van der Waals surface area contributed by atoms with E-state index in [2.05, 4.69) is 26.6 Å². The predicted molar refractivity (Wildman–Crippen MR) is 87.0 cm³/mol. The highest BCUT2D eigenvalue weighted by molar-refractivity contribution is 9.10. The number of halogens is 1. The van der Waals surface area contributed by atoms with Crippen LogP contribution in [0.2, 0.25) is 0 Å². The van der Waals surface area contributed by atoms with E-state index in [9.17, 15) is 4.79 Å². The number of rotatable bonds is 4. The monoisotopic (exact) mass is 343 g/mol. The molecule has 0 radical (unpaired) electrons. The molecular weight excluding hydrogens is 330 g/mol. The van der Waals surface area contributed by atoms with Crippen LogP contribution in [0.4, 0.5) is 11.4 Å². The SMILES string of the molecule is C[C@H](Nc1ccc(Br)cc1)C(=O)Nc1ccc(C#N)cc1. The Balaban J connectivity index is 1.95. The highest BCUT2D eigenvalue weighted by Gasteiger charge is 2.12. The fraction of sp³-hybridized carbons (Fsp3) is 0.125. The molecule has 1 atom stereocenters. The summed E-state index contributed by atoms with van der Waals surface area (Å²) in [5.41, 5.74) is 2.11. The lowest BCUT2D eigenvalue weighted by Crippen LogP contribution is -2.31. The second kappa shape index (κ2) is 6.91. The normalized spacial score (nSPS) is 11.3. The Hall–Kier alpha value is -2.32. The lowest BCUT2D eigenvalue weighted by molar-refractivity contribution is -0.116. The van der Waals surface area contributed by atoms with E-state index in [-0.39, 0.29) is 11.9 Å². The van der Waals surface area contributed by atoms with Crippen molar-refractivity contribution in [3.8, 4) is 6.07 Å². The molecule has 0 aliphatic heterocycles. The second-order valence-corrected chi connectivity index (χ2v) is 5.47. The zero-order chi connectivity index (χ0) is 15.2. The van der Waals surface area contributed by atoms with Crippen molar-refractivity contribution in [3.63, 3.8) is 0 Å². The Bertz CT molecular complexity index is 659. The lowest BCUT2D eigenvalue weighted by Gasteiger charge is -2.15. The first kappa shape index (κ1) is 15.1. The Morgan fingerprint density at radius 2 is 1.67 bits per heavy atom. The fourth-order valence-corrected chi connectivity index (χ4v) is 2.00. The van der Waals surface area contributed by atoms with Gasteiger partial charge >= 0.3 is 0 Å². The quantitative estimate of drug-likeness (QED) is 0.888. The number of amides is 1. The minimum Gasteiger partial charge on any atom is -0.374 e. The van der Waals surface area contributed by atoms with Crippen LogP contribution in [0.3, 0.4) is 0 Å². The Labute approximate surface area is 131 Å². The van der Waals surface area contributed by atoms with Gasteiger partial charge in [-0.2, -0.15) is 5.26 Å². The van der Waals surface area contributed by atoms with Crippen molar-refractivity contribution in [3.05, 3.63) is 58.6 Å². The standard InChI is InChI=1S/C16H14BrN3O/c1-11(19-14-8-4-13(17)5-9-14)16(21)20-15-6-2-12(10-18)3-7-15/h2-9,11,19H,1H3,(H,20,21)/t11-/m0/s1. The van der Waals surface area contributed by atoms with Crippen molar-refractivity contribution < 1.29 is 4.79 Å². The second-order valence-electron chi connectivity index (χ2n) is 4.55. The van der Waals surface area contributed by atoms with Gasteiger partial charge in [0.05, 0.1) is 11.6 Å². The van der Waals surface area contributed by atoms with Gasteiger partial charge in [-0.25, -0.2) is 0 Å². The van der Waals surface area contributed by atoms with Gasteiger partial charge in [0.25, 0.3) is 0 Å². The molecule has 4 nitrogen and oxygen atoms in total. The molecule has 0 aliphatic carbocycles. The summed E-state index contributed by atoms with van der Waals surface area (Å²) < 4.78 is 0.989. The van der Waals surface area contributed by atoms with Crippen molar-refractivity contribution in [2.75, 3.05) is 10.6 Å². The van der Waals surface area contributed by atoms with Gasteiger partial charge in [0.1, 0.15) is 6.04 Å². The van der Waals surface area contributed by atoms with Crippen LogP contribution in [0.15, 0.2) is 53.0 Å². The topological polar surface area (TPSA) is 64.9 Å². The molecule has 0 bridgehead atoms. The Morgan fingerprint density at radius 3 is 2.24 bits per heavy atom. The molecular formula is C16H14BrN3O. The van der Waals surface area contributed by atoms with E-state index in [1.165, 1.54) is 0 Å². The smallest absolute Gasteiger partial charge is 0.246 e. The molecule has 0 aliphatic rings. The first-order chi connectivity index (χ1) is 10.1. The number of carbonyl (C=O) groups excluding carboxylic acids is 1. The van der Waals surface area contributed by atoms with Crippen molar-refractivity contribution in [1.29, 1.82) is 5.26 Å². The molecule has 0 aromatic heterocycles. The average Bonchev–Trinajstić information content (AvgIpc) is 2.50. The minimum atomic E-state index is -0.373. The molecule has 0 saturated heterocycles. The molecule has 2 aromatic carbocycles. The van der Waals surface area contributed by atoms with Gasteiger partial charge in [0.2, 0.25) is 5.91 Å². The number of benzene rings is 2. The Morgan fingerprint density at radius 1 is 1.10 bits per heavy atom. The molecule has 5 heteroatoms. The van der Waals surface area contributed by atoms with E-state index in [4.69, 9.17) is 5.26 Å². The van der Waals surface area contributed by atoms with Gasteiger partial charge in [-0.15, -0.1) is 0 Å². The van der Waals surface area contributed by atoms with Crippen LogP contribution in [0, 0.1) is 11.3 Å². The van der Waals surface area contributed by atoms with Crippen LogP contribution in [0.25, 0.3) is 0 Å². The van der Waals surface area contributed by atoms with Crippen LogP contribution < -0.4 is 10.6 Å². The van der Waals surface area contributed by atoms with Crippen molar-refractivity contribution >= 4 is 33.2 Å². The van der Waals surface area contributed by atoms with Crippen molar-refractivity contribution in [2.45, 2.75) is 13.0 Å². The molecule has 2 rings (SSSR count). The molecule has 0 spiro atoms. The number of nitrogens with zero attached hydrogens (tertiary/aromatic N) is 1. The predicted octanol–water partition coefficient (Wildman–Crippen LogP) is 3.76. The first-order valence-corrected chi connectivity index (χ1v) is 7.21. The summed E-state index contributed by atoms with van der Waals surface area (Å²) in [6.07, 6.45) is 0. The van der Waals surface area contributed by atoms with E-state index >= 15 is 0 Å². The highest BCUT2D eigenvalue weighted by Crippen LogP contribution is 2.15. The van der Waals surface area contributed by atoms with E-state index in [0.29, 0.717) is 11.3 Å². The average molecular weight is 344 g/mol. The summed E-state index contributed by atoms with van der Waals surface area (Å²) in [6, 6.07) is 16.0. The largest absolute Gasteiger partial charge is 0.374 e. The van der Waals surface area contributed by atoms with Crippen LogP contribution in [-0.4, -0.2) is 11.9 Å². The van der Waals surface area contributed by atoms with Gasteiger partial charge in [0.15, 0.2) is 0 Å². The van der Waals surface area contributed by atoms with Crippen LogP contribution in [0.5, 0.6) is 0 Å². The van der Waals surface area contributed by atoms with Crippen LogP contribution in [0.1, 0.15) is 12.5 Å². The zero-order valence-corrected chi connectivity index (χ0v) is 13.0. The third-order valence-electron chi connectivity index (χ3n) is 2.90. The maximum absolute atomic E-state index is 12.1. The molecule has 0 fully saturated rings. The first-order valence-electron chi connectivity index (χ1n) is 6.41. The molecule has 0 heterocycles. The van der Waals surface area contributed by atoms with E-state index in [0.717, 1.165) is 10.2 Å². The molecule has 2 N–H and O–H groups in total. The van der Waals surface area contributed by atoms with Gasteiger partial charge in [-0.3, -0.25) is 4.79 Å². The van der Waals surface area contributed by atoms with Gasteiger partial charge < -0.3 is 10.6 Å². The van der Waals surface area contributed by atoms with Crippen LogP contribution in [-0.2, 0) is 4.79 Å². The number of nitriles is 1. The summed E-state index contributed by atoms with van der Waals surface area (Å²) in [6.45, 7) is 1.79. The maximum atomic E-state index is 12.1. The van der Waals surface area contributed by atoms with E-state index < -0.39 is 0 Å². The summed E-state index contributed by atoms with van der Waals surface area (Å²) in [5.74, 6) is -0.136. The van der Waals surface area contributed by atoms with Gasteiger partial charge in [0, 0.05) is 15.8 Å². The maximum Gasteiger partial charge on any atom is 0.246 e. The van der Waals surface area contributed by atoms with Gasteiger partial charge in [-0.1, -0.05) is 15.9 Å². The number of carbonyl (C=O) groups is 1. The molecule has 106 valence electrons. The number of hydrogen-bond acceptors (Lipinski definition) is 3. The molecule has 0 saturated carbocycles. The number of anilines is 2. The molecule has 2 aromatic rings. The number of nitrogens with one attached hydrogen (secondary N) is 2. The molecule has 21 heavy (non-hydrogen) atoms. The zero-order valence-electron chi connectivity index (χ0n) is 11.4. The highest BCUT2D eigenvalue weighted by atomic mass is 79.9. The summed E-state index contributed by atoms with van der Waals surface area (Å²) in [5, 5.41) is 14.7. The third-order valence-corrected chi connectivity index (χ3v) is 3.43. The summed E-state index contributed by atoms with van der Waals surface area (Å²) >= 11 is 3.37. The molecule has 1 amide bonds. The van der Waals surface area contributed by atoms with Crippen LogP contribution >= 0.6 is 15.9 Å². The fourth-order valence-electron chi connectivity index (χ4n) is 1.74. The Kier molecular flexibility index (Phi) is 4.96. The van der Waals surface area contributed by atoms with Crippen molar-refractivity contribution in [2.24, 2.45) is 0 Å². The number of hydrogen-bond donors (Lipinski definition) is 2. The van der Waals surface area contributed by atoms with Crippen molar-refractivity contribution in [1.82, 2.24) is 0 Å². The third kappa shape index (κ3) is 4.33. The molecule has 0 unspecified atom stereocenters. The van der Waals surface area contributed by atoms with E-state index in [1.54, 1.807) is 31.2 Å².